The first-order chi connectivity index (χ1) is 14.6. The zero-order chi connectivity index (χ0) is 21.1. The Bertz CT molecular complexity index is 1250. The average molecular weight is 436 g/mol. The highest BCUT2D eigenvalue weighted by atomic mass is 35.5. The maximum Gasteiger partial charge on any atom is 0.324 e. The predicted molar refractivity (Wildman–Crippen MR) is 124 cm³/mol. The Balaban J connectivity index is 0.00000272. The number of methoxy groups -OCH3 is 1. The lowest BCUT2D eigenvalue weighted by Gasteiger charge is -2.12. The maximum absolute atomic E-state index is 12.6. The van der Waals surface area contributed by atoms with Gasteiger partial charge in [0, 0.05) is 17.5 Å². The van der Waals surface area contributed by atoms with Crippen molar-refractivity contribution in [2.24, 2.45) is 5.73 Å². The first-order valence-corrected chi connectivity index (χ1v) is 9.58. The van der Waals surface area contributed by atoms with Gasteiger partial charge < -0.3 is 15.8 Å². The van der Waals surface area contributed by atoms with Gasteiger partial charge in [0.05, 0.1) is 12.6 Å². The number of aromatic nitrogens is 1. The van der Waals surface area contributed by atoms with Gasteiger partial charge in [-0.25, -0.2) is 4.98 Å². The van der Waals surface area contributed by atoms with Gasteiger partial charge in [-0.2, -0.15) is 0 Å². The molecule has 0 bridgehead atoms. The number of carbonyl (C=O) groups excluding carboxylic acids is 2. The number of nitrogens with one attached hydrogen (secondary N) is 1. The largest absolute Gasteiger partial charge is 0.468 e. The summed E-state index contributed by atoms with van der Waals surface area (Å²) in [4.78, 5) is 28.6. The number of rotatable bonds is 5. The summed E-state index contributed by atoms with van der Waals surface area (Å²) in [5, 5.41) is 5.83. The molecule has 0 aliphatic rings. The summed E-state index contributed by atoms with van der Waals surface area (Å²) in [6.07, 6.45) is 0. The summed E-state index contributed by atoms with van der Waals surface area (Å²) < 4.78 is 4.58. The SMILES string of the molecule is COC(=O)C(N)CNC(=O)c1ccc2cccc(-c3cccc4ccccc34)c2n1.Cl. The number of halogens is 1. The second-order valence-electron chi connectivity index (χ2n) is 6.94. The molecule has 3 N–H and O–H groups in total. The number of hydrogen-bond acceptors (Lipinski definition) is 5. The molecule has 0 aliphatic carbocycles. The minimum Gasteiger partial charge on any atom is -0.468 e. The summed E-state index contributed by atoms with van der Waals surface area (Å²) >= 11 is 0. The molecule has 31 heavy (non-hydrogen) atoms. The minimum atomic E-state index is -0.925. The predicted octanol–water partition coefficient (Wildman–Crippen LogP) is 3.71. The fourth-order valence-electron chi connectivity index (χ4n) is 3.48. The fraction of sp³-hybridized carbons (Fsp3) is 0.125. The highest BCUT2D eigenvalue weighted by Gasteiger charge is 2.17. The van der Waals surface area contributed by atoms with E-state index in [0.717, 1.165) is 32.8 Å². The smallest absolute Gasteiger partial charge is 0.324 e. The highest BCUT2D eigenvalue weighted by molar-refractivity contribution is 6.05. The van der Waals surface area contributed by atoms with E-state index in [2.05, 4.69) is 39.3 Å². The quantitative estimate of drug-likeness (QED) is 0.466. The van der Waals surface area contributed by atoms with E-state index < -0.39 is 17.9 Å². The normalized spacial score (nSPS) is 11.5. The molecule has 1 unspecified atom stereocenters. The maximum atomic E-state index is 12.6. The number of para-hydroxylation sites is 1. The van der Waals surface area contributed by atoms with Gasteiger partial charge in [-0.1, -0.05) is 66.7 Å². The van der Waals surface area contributed by atoms with Crippen LogP contribution >= 0.6 is 12.4 Å². The van der Waals surface area contributed by atoms with E-state index in [1.165, 1.54) is 7.11 Å². The third-order valence-electron chi connectivity index (χ3n) is 5.02. The lowest BCUT2D eigenvalue weighted by molar-refractivity contribution is -0.141. The zero-order valence-corrected chi connectivity index (χ0v) is 17.7. The molecule has 7 heteroatoms. The first kappa shape index (κ1) is 22.2. The van der Waals surface area contributed by atoms with E-state index >= 15 is 0 Å². The van der Waals surface area contributed by atoms with E-state index in [-0.39, 0.29) is 24.6 Å². The number of ether oxygens (including phenoxy) is 1. The van der Waals surface area contributed by atoms with E-state index in [4.69, 9.17) is 5.73 Å². The topological polar surface area (TPSA) is 94.3 Å². The molecule has 1 amide bonds. The lowest BCUT2D eigenvalue weighted by Crippen LogP contribution is -2.43. The monoisotopic (exact) mass is 435 g/mol. The van der Waals surface area contributed by atoms with Crippen LogP contribution in [0.15, 0.2) is 72.8 Å². The molecule has 0 aliphatic heterocycles. The molecule has 158 valence electrons. The van der Waals surface area contributed by atoms with E-state index in [9.17, 15) is 9.59 Å². The summed E-state index contributed by atoms with van der Waals surface area (Å²) in [5.41, 5.74) is 8.68. The Morgan fingerprint density at radius 2 is 1.61 bits per heavy atom. The number of nitrogens with two attached hydrogens (primary N) is 1. The van der Waals surface area contributed by atoms with Crippen LogP contribution in [0.4, 0.5) is 0 Å². The van der Waals surface area contributed by atoms with Crippen LogP contribution in [0.3, 0.4) is 0 Å². The van der Waals surface area contributed by atoms with E-state index in [1.54, 1.807) is 6.07 Å². The molecule has 1 atom stereocenters. The minimum absolute atomic E-state index is 0. The average Bonchev–Trinajstić information content (AvgIpc) is 2.80. The van der Waals surface area contributed by atoms with Crippen molar-refractivity contribution in [2.75, 3.05) is 13.7 Å². The molecule has 0 spiro atoms. The van der Waals surface area contributed by atoms with Crippen LogP contribution in [0.1, 0.15) is 10.5 Å². The number of hydrogen-bond donors (Lipinski definition) is 2. The van der Waals surface area contributed by atoms with E-state index in [1.807, 2.05) is 42.5 Å². The van der Waals surface area contributed by atoms with Gasteiger partial charge in [0.2, 0.25) is 0 Å². The molecule has 6 nitrogen and oxygen atoms in total. The van der Waals surface area contributed by atoms with E-state index in [0.29, 0.717) is 0 Å². The number of carbonyl (C=O) groups is 2. The fourth-order valence-corrected chi connectivity index (χ4v) is 3.48. The lowest BCUT2D eigenvalue weighted by atomic mass is 9.96. The Morgan fingerprint density at radius 3 is 2.39 bits per heavy atom. The van der Waals surface area contributed by atoms with Gasteiger partial charge in [0.15, 0.2) is 0 Å². The van der Waals surface area contributed by atoms with Crippen LogP contribution in [-0.4, -0.2) is 36.6 Å². The molecule has 4 aromatic rings. The highest BCUT2D eigenvalue weighted by Crippen LogP contribution is 2.33. The number of benzene rings is 3. The molecule has 1 heterocycles. The Kier molecular flexibility index (Phi) is 6.84. The van der Waals surface area contributed by atoms with Gasteiger partial charge in [0.25, 0.3) is 5.91 Å². The number of esters is 1. The third kappa shape index (κ3) is 4.50. The van der Waals surface area contributed by atoms with Crippen LogP contribution < -0.4 is 11.1 Å². The van der Waals surface area contributed by atoms with Gasteiger partial charge in [0.1, 0.15) is 11.7 Å². The van der Waals surface area contributed by atoms with Crippen molar-refractivity contribution in [3.63, 3.8) is 0 Å². The van der Waals surface area contributed by atoms with Gasteiger partial charge >= 0.3 is 5.97 Å². The summed E-state index contributed by atoms with van der Waals surface area (Å²) in [6, 6.07) is 22.9. The molecule has 0 saturated carbocycles. The van der Waals surface area contributed by atoms with Crippen LogP contribution in [0, 0.1) is 0 Å². The van der Waals surface area contributed by atoms with Crippen molar-refractivity contribution < 1.29 is 14.3 Å². The van der Waals surface area contributed by atoms with Crippen LogP contribution in [0.5, 0.6) is 0 Å². The number of fused-ring (bicyclic) bond motifs is 2. The van der Waals surface area contributed by atoms with Crippen molar-refractivity contribution >= 4 is 46.0 Å². The summed E-state index contributed by atoms with van der Waals surface area (Å²) in [6.45, 7) is -0.0316. The second kappa shape index (κ2) is 9.55. The van der Waals surface area contributed by atoms with Crippen molar-refractivity contribution in [1.29, 1.82) is 0 Å². The third-order valence-corrected chi connectivity index (χ3v) is 5.02. The molecule has 4 rings (SSSR count). The number of amides is 1. The second-order valence-corrected chi connectivity index (χ2v) is 6.94. The Labute approximate surface area is 185 Å². The Morgan fingerprint density at radius 1 is 0.935 bits per heavy atom. The molecule has 3 aromatic carbocycles. The van der Waals surface area contributed by atoms with Crippen molar-refractivity contribution in [3.05, 3.63) is 78.5 Å². The molecular formula is C24H22ClN3O3. The number of nitrogens with zero attached hydrogens (tertiary/aromatic N) is 1. The Hall–Kier alpha value is -3.48. The zero-order valence-electron chi connectivity index (χ0n) is 16.9. The molecule has 0 saturated heterocycles. The van der Waals surface area contributed by atoms with Crippen molar-refractivity contribution in [2.45, 2.75) is 6.04 Å². The van der Waals surface area contributed by atoms with Crippen molar-refractivity contribution in [1.82, 2.24) is 10.3 Å². The molecule has 0 fully saturated rings. The van der Waals surface area contributed by atoms with Gasteiger partial charge in [-0.15, -0.1) is 12.4 Å². The number of pyridine rings is 1. The molecular weight excluding hydrogens is 414 g/mol. The van der Waals surface area contributed by atoms with Crippen LogP contribution in [0.25, 0.3) is 32.8 Å². The standard InChI is InChI=1S/C24H21N3O3.ClH/c1-30-24(29)20(25)14-26-23(28)21-13-12-16-8-5-11-19(22(16)27-21)18-10-4-7-15-6-2-3-9-17(15)18;/h2-13,20H,14,25H2,1H3,(H,26,28);1H. The van der Waals surface area contributed by atoms with Crippen LogP contribution in [-0.2, 0) is 9.53 Å². The van der Waals surface area contributed by atoms with Crippen LogP contribution in [0.2, 0.25) is 0 Å². The van der Waals surface area contributed by atoms with Gasteiger partial charge in [-0.3, -0.25) is 9.59 Å². The summed E-state index contributed by atoms with van der Waals surface area (Å²) in [7, 11) is 1.25. The van der Waals surface area contributed by atoms with Gasteiger partial charge in [-0.05, 0) is 22.4 Å². The molecule has 0 radical (unpaired) electrons. The summed E-state index contributed by atoms with van der Waals surface area (Å²) in [5.74, 6) is -0.982. The molecule has 1 aromatic heterocycles. The first-order valence-electron chi connectivity index (χ1n) is 9.58. The van der Waals surface area contributed by atoms with Crippen molar-refractivity contribution in [3.8, 4) is 11.1 Å².